The molecule has 5 aromatic rings. The number of anilines is 2. The van der Waals surface area contributed by atoms with Crippen molar-refractivity contribution in [2.24, 2.45) is 0 Å². The normalized spacial score (nSPS) is 16.3. The van der Waals surface area contributed by atoms with Gasteiger partial charge in [0.05, 0.1) is 36.7 Å². The van der Waals surface area contributed by atoms with Gasteiger partial charge in [0.15, 0.2) is 6.23 Å². The fraction of sp³-hybridized carbons (Fsp3) is 0.500. The average molecular weight is 881 g/mol. The quantitative estimate of drug-likeness (QED) is 0.0635. The van der Waals surface area contributed by atoms with Gasteiger partial charge in [-0.05, 0) is 88.3 Å². The molecule has 0 spiro atoms. The Hall–Kier alpha value is -5.36. The lowest BCUT2D eigenvalue weighted by molar-refractivity contribution is -0.0366. The van der Waals surface area contributed by atoms with Crippen molar-refractivity contribution in [3.8, 4) is 17.2 Å². The van der Waals surface area contributed by atoms with Gasteiger partial charge in [-0.25, -0.2) is 13.9 Å². The van der Waals surface area contributed by atoms with Crippen LogP contribution < -0.4 is 19.1 Å². The molecular weight excluding hydrogens is 815 g/mol. The molecule has 0 saturated carbocycles. The van der Waals surface area contributed by atoms with Gasteiger partial charge in [0.1, 0.15) is 48.5 Å². The number of nitrogens with zero attached hydrogens (tertiary/aromatic N) is 4. The molecule has 1 unspecified atom stereocenters. The van der Waals surface area contributed by atoms with E-state index in [0.717, 1.165) is 97.7 Å². The van der Waals surface area contributed by atoms with Crippen molar-refractivity contribution in [2.45, 2.75) is 129 Å². The van der Waals surface area contributed by atoms with Crippen LogP contribution >= 0.6 is 0 Å². The second-order valence-electron chi connectivity index (χ2n) is 18.0. The molecule has 0 radical (unpaired) electrons. The minimum atomic E-state index is -0.647. The molecule has 4 aromatic carbocycles. The summed E-state index contributed by atoms with van der Waals surface area (Å²) in [6, 6.07) is 26.5. The molecule has 1 saturated heterocycles. The van der Waals surface area contributed by atoms with Crippen LogP contribution in [0.15, 0.2) is 91.1 Å². The predicted molar refractivity (Wildman–Crippen MR) is 248 cm³/mol. The molecule has 344 valence electrons. The number of halogens is 2. The smallest absolute Gasteiger partial charge is 0.410 e. The third-order valence-electron chi connectivity index (χ3n) is 11.8. The van der Waals surface area contributed by atoms with Crippen LogP contribution in [0.3, 0.4) is 0 Å². The minimum Gasteiger partial charge on any atom is -0.492 e. The first-order valence-electron chi connectivity index (χ1n) is 23.4. The Morgan fingerprint density at radius 1 is 0.828 bits per heavy atom. The van der Waals surface area contributed by atoms with Gasteiger partial charge in [0.2, 0.25) is 0 Å². The highest BCUT2D eigenvalue weighted by Crippen LogP contribution is 2.47. The van der Waals surface area contributed by atoms with Crippen LogP contribution in [0.5, 0.6) is 17.2 Å². The van der Waals surface area contributed by atoms with Crippen molar-refractivity contribution in [2.75, 3.05) is 44.5 Å². The summed E-state index contributed by atoms with van der Waals surface area (Å²) in [4.78, 5) is 17.2. The topological polar surface area (TPSA) is 87.5 Å². The predicted octanol–water partition coefficient (Wildman–Crippen LogP) is 13.2. The largest absolute Gasteiger partial charge is 0.492 e. The van der Waals surface area contributed by atoms with Crippen molar-refractivity contribution in [3.63, 3.8) is 0 Å². The zero-order valence-corrected chi connectivity index (χ0v) is 38.0. The van der Waals surface area contributed by atoms with Crippen LogP contribution in [0.25, 0.3) is 10.9 Å². The third kappa shape index (κ3) is 13.1. The summed E-state index contributed by atoms with van der Waals surface area (Å²) in [7, 11) is 0. The van der Waals surface area contributed by atoms with Gasteiger partial charge in [-0.3, -0.25) is 4.39 Å². The van der Waals surface area contributed by atoms with Crippen LogP contribution in [0.1, 0.15) is 128 Å². The number of benzene rings is 4. The molecule has 1 aromatic heterocycles. The van der Waals surface area contributed by atoms with Crippen LogP contribution in [0.4, 0.5) is 25.0 Å². The highest BCUT2D eigenvalue weighted by atomic mass is 19.1. The van der Waals surface area contributed by atoms with Gasteiger partial charge in [0, 0.05) is 42.4 Å². The maximum atomic E-state index is 15.8. The van der Waals surface area contributed by atoms with E-state index in [1.165, 1.54) is 25.0 Å². The maximum absolute atomic E-state index is 15.8. The average Bonchev–Trinajstić information content (AvgIpc) is 3.71. The van der Waals surface area contributed by atoms with Gasteiger partial charge in [-0.1, -0.05) is 93.8 Å². The maximum Gasteiger partial charge on any atom is 0.410 e. The van der Waals surface area contributed by atoms with Crippen molar-refractivity contribution in [3.05, 3.63) is 108 Å². The van der Waals surface area contributed by atoms with Crippen molar-refractivity contribution in [1.29, 1.82) is 0 Å². The summed E-state index contributed by atoms with van der Waals surface area (Å²) >= 11 is 0. The van der Waals surface area contributed by atoms with Crippen molar-refractivity contribution < 1.29 is 37.3 Å². The Labute approximate surface area is 377 Å². The number of fused-ring (bicyclic) bond motifs is 2. The summed E-state index contributed by atoms with van der Waals surface area (Å²) in [5.41, 5.74) is 3.69. The lowest BCUT2D eigenvalue weighted by Crippen LogP contribution is -2.39. The fourth-order valence-electron chi connectivity index (χ4n) is 8.49. The van der Waals surface area contributed by atoms with E-state index in [-0.39, 0.29) is 32.1 Å². The molecular formula is C52H66F2N4O6. The Balaban J connectivity index is 1.07. The van der Waals surface area contributed by atoms with E-state index in [1.807, 2.05) is 98.4 Å². The van der Waals surface area contributed by atoms with Crippen molar-refractivity contribution >= 4 is 28.4 Å². The molecule has 0 bridgehead atoms. The first-order valence-corrected chi connectivity index (χ1v) is 23.4. The number of carbonyl (C=O) groups is 1. The van der Waals surface area contributed by atoms with Gasteiger partial charge in [0.25, 0.3) is 0 Å². The number of rotatable bonds is 22. The number of hydrogen-bond donors (Lipinski definition) is 0. The summed E-state index contributed by atoms with van der Waals surface area (Å²) < 4.78 is 60.9. The van der Waals surface area contributed by atoms with E-state index >= 15 is 4.39 Å². The summed E-state index contributed by atoms with van der Waals surface area (Å²) in [6.45, 7) is 7.79. The zero-order chi connectivity index (χ0) is 44.7. The summed E-state index contributed by atoms with van der Waals surface area (Å²) in [6.07, 6.45) is 14.7. The highest BCUT2D eigenvalue weighted by molar-refractivity contribution is 5.89. The number of hydrogen-bond acceptors (Lipinski definition) is 8. The van der Waals surface area contributed by atoms with Crippen LogP contribution in [0, 0.1) is 5.82 Å². The first-order chi connectivity index (χ1) is 31.1. The van der Waals surface area contributed by atoms with Crippen molar-refractivity contribution in [1.82, 2.24) is 14.7 Å². The highest BCUT2D eigenvalue weighted by Gasteiger charge is 2.33. The third-order valence-corrected chi connectivity index (χ3v) is 11.8. The molecule has 2 atom stereocenters. The van der Waals surface area contributed by atoms with E-state index in [9.17, 15) is 9.18 Å². The van der Waals surface area contributed by atoms with E-state index in [4.69, 9.17) is 28.8 Å². The molecule has 0 aliphatic carbocycles. The minimum absolute atomic E-state index is 0.139. The molecule has 2 aliphatic rings. The van der Waals surface area contributed by atoms with Gasteiger partial charge in [-0.2, -0.15) is 5.10 Å². The first kappa shape index (κ1) is 46.6. The molecule has 2 aliphatic heterocycles. The zero-order valence-electron chi connectivity index (χ0n) is 38.0. The number of amides is 1. The second-order valence-corrected chi connectivity index (χ2v) is 18.0. The van der Waals surface area contributed by atoms with E-state index in [0.29, 0.717) is 50.0 Å². The van der Waals surface area contributed by atoms with Crippen LogP contribution in [0.2, 0.25) is 0 Å². The molecule has 10 nitrogen and oxygen atoms in total. The lowest BCUT2D eigenvalue weighted by atomic mass is 10.0. The molecule has 3 heterocycles. The summed E-state index contributed by atoms with van der Waals surface area (Å²) in [5, 5.41) is 5.67. The van der Waals surface area contributed by atoms with E-state index in [2.05, 4.69) is 11.0 Å². The number of unbranched alkanes of at least 4 members (excludes halogenated alkanes) is 9. The van der Waals surface area contributed by atoms with Crippen LogP contribution in [-0.4, -0.2) is 66.0 Å². The monoisotopic (exact) mass is 880 g/mol. The Morgan fingerprint density at radius 2 is 1.56 bits per heavy atom. The van der Waals surface area contributed by atoms with E-state index in [1.54, 1.807) is 4.90 Å². The number of alkyl halides is 1. The second kappa shape index (κ2) is 23.0. The van der Waals surface area contributed by atoms with Gasteiger partial charge >= 0.3 is 6.09 Å². The van der Waals surface area contributed by atoms with Crippen LogP contribution in [-0.2, 0) is 16.1 Å². The summed E-state index contributed by atoms with van der Waals surface area (Å²) in [5.74, 6) is 1.31. The molecule has 0 N–H and O–H groups in total. The molecule has 7 rings (SSSR count). The van der Waals surface area contributed by atoms with E-state index < -0.39 is 17.5 Å². The molecule has 64 heavy (non-hydrogen) atoms. The number of carbonyl (C=O) groups excluding carboxylic acids is 1. The fourth-order valence-corrected chi connectivity index (χ4v) is 8.49. The molecule has 1 fully saturated rings. The standard InChI is InChI=1S/C52H66F2N4O6/c1-52(2,3)64-51(59)56(27-17-11-9-7-5-4-6-8-10-16-26-53)28-30-60-45-33-42(54)32-43(34-45)57-47-31-41-36-55-58(50-21-15-18-29-61-50)46(41)35-49(47)63-38-48(57)40-22-24-44(25-23-40)62-37-39-19-13-12-14-20-39/h12-14,19-20,22-25,31-36,48,50H,4-11,15-18,21,26-30,37-38H2,1-3H3/t48-,50?/m0/s1. The van der Waals surface area contributed by atoms with Gasteiger partial charge in [-0.15, -0.1) is 0 Å². The molecule has 12 heteroatoms. The number of aromatic nitrogens is 2. The SMILES string of the molecule is CC(C)(C)OC(=O)N(CCCCCCCCCCCCF)CCOc1cc(F)cc(N2c3cc4cnn(C5CCCCO5)c4cc3OC[C@H]2c2ccc(OCc3ccccc3)cc2)c1. The number of ether oxygens (including phenoxy) is 5. The molecule has 1 amide bonds. The lowest BCUT2D eigenvalue weighted by Gasteiger charge is -2.39. The van der Waals surface area contributed by atoms with Gasteiger partial charge < -0.3 is 33.5 Å². The Bertz CT molecular complexity index is 2210. The Morgan fingerprint density at radius 3 is 2.27 bits per heavy atom. The Kier molecular flexibility index (Phi) is 16.8.